The number of hydrogen-bond donors (Lipinski definition) is 1. The van der Waals surface area contributed by atoms with Gasteiger partial charge in [-0.3, -0.25) is 14.9 Å². The van der Waals surface area contributed by atoms with Gasteiger partial charge in [-0.15, -0.1) is 13.2 Å². The molecule has 0 fully saturated rings. The molecule has 1 aromatic rings. The maximum absolute atomic E-state index is 12.0. The van der Waals surface area contributed by atoms with Crippen LogP contribution in [0.15, 0.2) is 12.1 Å². The Morgan fingerprint density at radius 1 is 1.47 bits per heavy atom. The highest BCUT2D eigenvalue weighted by atomic mass is 35.5. The Morgan fingerprint density at radius 3 is 2.47 bits per heavy atom. The Hall–Kier alpha value is -2.03. The molecule has 0 saturated carbocycles. The van der Waals surface area contributed by atoms with Crippen molar-refractivity contribution in [1.82, 2.24) is 5.32 Å². The summed E-state index contributed by atoms with van der Waals surface area (Å²) in [5.74, 6) is -1.77. The van der Waals surface area contributed by atoms with Crippen LogP contribution in [-0.2, 0) is 0 Å². The Morgan fingerprint density at radius 2 is 2.05 bits per heavy atom. The minimum absolute atomic E-state index is 0.476. The molecule has 0 aliphatic carbocycles. The number of halogens is 4. The van der Waals surface area contributed by atoms with E-state index in [4.69, 9.17) is 11.6 Å². The summed E-state index contributed by atoms with van der Waals surface area (Å²) in [7, 11) is 1.20. The lowest BCUT2D eigenvalue weighted by atomic mass is 10.1. The van der Waals surface area contributed by atoms with Gasteiger partial charge in [-0.2, -0.15) is 0 Å². The van der Waals surface area contributed by atoms with Gasteiger partial charge in [0.15, 0.2) is 0 Å². The van der Waals surface area contributed by atoms with Crippen LogP contribution >= 0.6 is 11.6 Å². The first-order valence-electron chi connectivity index (χ1n) is 4.61. The number of nitro benzene ring substituents is 1. The van der Waals surface area contributed by atoms with Crippen LogP contribution in [0.5, 0.6) is 5.75 Å². The Bertz CT molecular complexity index is 533. The van der Waals surface area contributed by atoms with E-state index >= 15 is 0 Å². The second-order valence-corrected chi connectivity index (χ2v) is 3.59. The van der Waals surface area contributed by atoms with Gasteiger partial charge in [0.05, 0.1) is 16.0 Å². The number of nitrogens with one attached hydrogen (secondary N) is 1. The van der Waals surface area contributed by atoms with Crippen molar-refractivity contribution >= 4 is 23.2 Å². The van der Waals surface area contributed by atoms with Crippen molar-refractivity contribution in [2.45, 2.75) is 6.36 Å². The first-order chi connectivity index (χ1) is 8.65. The average molecular weight is 299 g/mol. The molecule has 0 atom stereocenters. The third-order valence-electron chi connectivity index (χ3n) is 1.93. The van der Waals surface area contributed by atoms with Gasteiger partial charge in [-0.1, -0.05) is 11.6 Å². The molecule has 0 unspecified atom stereocenters. The minimum atomic E-state index is -5.02. The predicted octanol–water partition coefficient (Wildman–Crippen LogP) is 2.51. The standard InChI is InChI=1S/C9H6ClF3N2O4/c1-14-8(16)7-5(10)2-4(19-9(11,12)13)3-6(7)15(17)18/h2-3H,1H3,(H,14,16). The van der Waals surface area contributed by atoms with E-state index in [2.05, 4.69) is 10.1 Å². The van der Waals surface area contributed by atoms with Crippen molar-refractivity contribution < 1.29 is 27.6 Å². The normalized spacial score (nSPS) is 11.0. The summed E-state index contributed by atoms with van der Waals surface area (Å²) in [5.41, 5.74) is -1.42. The van der Waals surface area contributed by atoms with Crippen molar-refractivity contribution in [1.29, 1.82) is 0 Å². The summed E-state index contributed by atoms with van der Waals surface area (Å²) in [5, 5.41) is 12.3. The molecule has 1 amide bonds. The first-order valence-corrected chi connectivity index (χ1v) is 4.99. The van der Waals surface area contributed by atoms with Crippen molar-refractivity contribution in [2.75, 3.05) is 7.05 Å². The number of amides is 1. The Balaban J connectivity index is 3.38. The molecule has 0 saturated heterocycles. The zero-order chi connectivity index (χ0) is 14.8. The van der Waals surface area contributed by atoms with Gasteiger partial charge in [0.25, 0.3) is 11.6 Å². The largest absolute Gasteiger partial charge is 0.573 e. The highest BCUT2D eigenvalue weighted by Crippen LogP contribution is 2.34. The topological polar surface area (TPSA) is 81.5 Å². The molecule has 0 radical (unpaired) electrons. The summed E-state index contributed by atoms with van der Waals surface area (Å²) >= 11 is 5.57. The molecule has 0 bridgehead atoms. The van der Waals surface area contributed by atoms with E-state index in [0.717, 1.165) is 0 Å². The van der Waals surface area contributed by atoms with Crippen molar-refractivity contribution in [3.63, 3.8) is 0 Å². The number of rotatable bonds is 3. The molecule has 0 aromatic heterocycles. The number of hydrogen-bond acceptors (Lipinski definition) is 4. The van der Waals surface area contributed by atoms with Crippen LogP contribution in [-0.4, -0.2) is 24.2 Å². The Kier molecular flexibility index (Phi) is 4.20. The predicted molar refractivity (Wildman–Crippen MR) is 58.2 cm³/mol. The van der Waals surface area contributed by atoms with Crippen LogP contribution in [0.2, 0.25) is 5.02 Å². The quantitative estimate of drug-likeness (QED) is 0.686. The van der Waals surface area contributed by atoms with Gasteiger partial charge in [0, 0.05) is 13.1 Å². The van der Waals surface area contributed by atoms with Gasteiger partial charge in [-0.05, 0) is 0 Å². The lowest BCUT2D eigenvalue weighted by molar-refractivity contribution is -0.385. The highest BCUT2D eigenvalue weighted by molar-refractivity contribution is 6.34. The maximum Gasteiger partial charge on any atom is 0.573 e. The van der Waals surface area contributed by atoms with E-state index in [1.54, 1.807) is 0 Å². The van der Waals surface area contributed by atoms with Gasteiger partial charge in [0.1, 0.15) is 11.3 Å². The molecule has 1 N–H and O–H groups in total. The fraction of sp³-hybridized carbons (Fsp3) is 0.222. The van der Waals surface area contributed by atoms with E-state index in [1.807, 2.05) is 0 Å². The summed E-state index contributed by atoms with van der Waals surface area (Å²) in [6.45, 7) is 0. The third kappa shape index (κ3) is 3.71. The molecule has 104 valence electrons. The van der Waals surface area contributed by atoms with E-state index in [1.165, 1.54) is 7.05 Å². The number of carbonyl (C=O) groups excluding carboxylic acids is 1. The SMILES string of the molecule is CNC(=O)c1c(Cl)cc(OC(F)(F)F)cc1[N+](=O)[O-]. The molecule has 0 spiro atoms. The van der Waals surface area contributed by atoms with Crippen molar-refractivity contribution in [2.24, 2.45) is 0 Å². The van der Waals surface area contributed by atoms with E-state index in [-0.39, 0.29) is 0 Å². The van der Waals surface area contributed by atoms with Gasteiger partial charge in [0.2, 0.25) is 0 Å². The molecule has 6 nitrogen and oxygen atoms in total. The van der Waals surface area contributed by atoms with Crippen molar-refractivity contribution in [3.05, 3.63) is 32.8 Å². The van der Waals surface area contributed by atoms with E-state index in [0.29, 0.717) is 12.1 Å². The summed E-state index contributed by atoms with van der Waals surface area (Å²) in [4.78, 5) is 21.1. The fourth-order valence-corrected chi connectivity index (χ4v) is 1.54. The third-order valence-corrected chi connectivity index (χ3v) is 2.23. The van der Waals surface area contributed by atoms with E-state index in [9.17, 15) is 28.1 Å². The number of alkyl halides is 3. The van der Waals surface area contributed by atoms with Crippen molar-refractivity contribution in [3.8, 4) is 5.75 Å². The number of carbonyl (C=O) groups is 1. The molecule has 1 rings (SSSR count). The summed E-state index contributed by atoms with van der Waals surface area (Å²) < 4.78 is 39.6. The summed E-state index contributed by atoms with van der Waals surface area (Å²) in [6, 6.07) is 1.15. The van der Waals surface area contributed by atoms with E-state index < -0.39 is 39.2 Å². The maximum atomic E-state index is 12.0. The van der Waals surface area contributed by atoms with Crippen LogP contribution in [0.4, 0.5) is 18.9 Å². The molecular weight excluding hydrogens is 293 g/mol. The van der Waals surface area contributed by atoms with Crippen LogP contribution in [0.1, 0.15) is 10.4 Å². The second kappa shape index (κ2) is 5.31. The number of nitro groups is 1. The Labute approximate surface area is 109 Å². The minimum Gasteiger partial charge on any atom is -0.405 e. The van der Waals surface area contributed by atoms with Gasteiger partial charge in [-0.25, -0.2) is 0 Å². The zero-order valence-corrected chi connectivity index (χ0v) is 10.0. The van der Waals surface area contributed by atoms with Crippen LogP contribution in [0.25, 0.3) is 0 Å². The lowest BCUT2D eigenvalue weighted by Gasteiger charge is -2.11. The lowest BCUT2D eigenvalue weighted by Crippen LogP contribution is -2.21. The number of ether oxygens (including phenoxy) is 1. The van der Waals surface area contributed by atoms with Gasteiger partial charge < -0.3 is 10.1 Å². The molecule has 10 heteroatoms. The van der Waals surface area contributed by atoms with Crippen LogP contribution in [0.3, 0.4) is 0 Å². The highest BCUT2D eigenvalue weighted by Gasteiger charge is 2.33. The van der Waals surface area contributed by atoms with Gasteiger partial charge >= 0.3 is 6.36 Å². The molecule has 0 heterocycles. The molecular formula is C9H6ClF3N2O4. The average Bonchev–Trinajstić information content (AvgIpc) is 2.24. The zero-order valence-electron chi connectivity index (χ0n) is 9.25. The second-order valence-electron chi connectivity index (χ2n) is 3.18. The molecule has 19 heavy (non-hydrogen) atoms. The first kappa shape index (κ1) is 15.0. The summed E-state index contributed by atoms with van der Waals surface area (Å²) in [6.07, 6.45) is -5.02. The number of nitrogens with zero attached hydrogens (tertiary/aromatic N) is 1. The smallest absolute Gasteiger partial charge is 0.405 e. The fourth-order valence-electron chi connectivity index (χ4n) is 1.25. The molecule has 0 aliphatic heterocycles. The van der Waals surface area contributed by atoms with Crippen LogP contribution in [0, 0.1) is 10.1 Å². The molecule has 1 aromatic carbocycles. The van der Waals surface area contributed by atoms with Crippen LogP contribution < -0.4 is 10.1 Å². The molecule has 0 aliphatic rings. The monoisotopic (exact) mass is 298 g/mol. The number of benzene rings is 1.